The number of benzene rings is 2. The fourth-order valence-electron chi connectivity index (χ4n) is 3.86. The molecule has 2 heterocycles. The molecule has 0 spiro atoms. The van der Waals surface area contributed by atoms with Crippen LogP contribution in [0, 0.1) is 13.8 Å². The lowest BCUT2D eigenvalue weighted by atomic mass is 10.0. The number of nitrogens with one attached hydrogen (secondary N) is 1. The van der Waals surface area contributed by atoms with Gasteiger partial charge < -0.3 is 14.8 Å². The molecule has 4 rings (SSSR count). The zero-order chi connectivity index (χ0) is 23.5. The molecule has 0 atom stereocenters. The van der Waals surface area contributed by atoms with Crippen LogP contribution in [0.25, 0.3) is 5.57 Å². The van der Waals surface area contributed by atoms with Crippen LogP contribution in [0.2, 0.25) is 0 Å². The monoisotopic (exact) mass is 443 g/mol. The van der Waals surface area contributed by atoms with E-state index in [1.807, 2.05) is 38.1 Å². The van der Waals surface area contributed by atoms with E-state index in [4.69, 9.17) is 9.47 Å². The molecule has 0 unspecified atom stereocenters. The lowest BCUT2D eigenvalue weighted by molar-refractivity contribution is -0.137. The molecule has 3 aromatic rings. The Balaban J connectivity index is 1.80. The Labute approximate surface area is 192 Å². The van der Waals surface area contributed by atoms with Gasteiger partial charge in [0.25, 0.3) is 11.8 Å². The van der Waals surface area contributed by atoms with Gasteiger partial charge in [-0.2, -0.15) is 0 Å². The predicted octanol–water partition coefficient (Wildman–Crippen LogP) is 4.11. The van der Waals surface area contributed by atoms with E-state index in [2.05, 4.69) is 10.3 Å². The van der Waals surface area contributed by atoms with Gasteiger partial charge in [-0.15, -0.1) is 0 Å². The number of aryl methyl sites for hydroxylation is 2. The summed E-state index contributed by atoms with van der Waals surface area (Å²) in [5.41, 5.74) is 4.68. The Kier molecular flexibility index (Phi) is 6.13. The molecule has 2 aromatic carbocycles. The second-order valence-corrected chi connectivity index (χ2v) is 7.82. The Hall–Kier alpha value is -4.13. The molecule has 1 aromatic heterocycles. The normalized spacial score (nSPS) is 13.5. The molecule has 1 N–H and O–H groups in total. The second kappa shape index (κ2) is 9.16. The number of amides is 2. The minimum Gasteiger partial charge on any atom is -0.493 e. The summed E-state index contributed by atoms with van der Waals surface area (Å²) in [6, 6.07) is 14.7. The smallest absolute Gasteiger partial charge is 0.278 e. The summed E-state index contributed by atoms with van der Waals surface area (Å²) in [6.45, 7) is 4.09. The van der Waals surface area contributed by atoms with Crippen molar-refractivity contribution in [2.24, 2.45) is 0 Å². The van der Waals surface area contributed by atoms with Crippen molar-refractivity contribution in [3.05, 3.63) is 88.9 Å². The summed E-state index contributed by atoms with van der Waals surface area (Å²) >= 11 is 0. The maximum atomic E-state index is 13.5. The van der Waals surface area contributed by atoms with Gasteiger partial charge in [-0.3, -0.25) is 19.5 Å². The van der Waals surface area contributed by atoms with Crippen LogP contribution in [0.1, 0.15) is 22.3 Å². The third-order valence-corrected chi connectivity index (χ3v) is 5.55. The van der Waals surface area contributed by atoms with E-state index in [-0.39, 0.29) is 23.7 Å². The van der Waals surface area contributed by atoms with E-state index < -0.39 is 5.91 Å². The van der Waals surface area contributed by atoms with Gasteiger partial charge in [0, 0.05) is 18.1 Å². The minimum absolute atomic E-state index is 0.125. The first-order chi connectivity index (χ1) is 15.9. The number of anilines is 1. The van der Waals surface area contributed by atoms with E-state index in [0.717, 1.165) is 22.4 Å². The predicted molar refractivity (Wildman–Crippen MR) is 126 cm³/mol. The van der Waals surface area contributed by atoms with Crippen LogP contribution in [-0.2, 0) is 16.1 Å². The maximum Gasteiger partial charge on any atom is 0.278 e. The van der Waals surface area contributed by atoms with Crippen LogP contribution in [0.3, 0.4) is 0 Å². The average molecular weight is 444 g/mol. The van der Waals surface area contributed by atoms with Crippen molar-refractivity contribution in [2.75, 3.05) is 19.5 Å². The highest BCUT2D eigenvalue weighted by Gasteiger charge is 2.39. The van der Waals surface area contributed by atoms with Crippen LogP contribution in [-0.4, -0.2) is 35.9 Å². The number of pyridine rings is 1. The Morgan fingerprint density at radius 1 is 0.939 bits per heavy atom. The first-order valence-corrected chi connectivity index (χ1v) is 10.5. The number of nitrogens with zero attached hydrogens (tertiary/aromatic N) is 2. The fraction of sp³-hybridized carbons (Fsp3) is 0.192. The van der Waals surface area contributed by atoms with Gasteiger partial charge in [-0.05, 0) is 54.8 Å². The molecule has 7 nitrogen and oxygen atoms in total. The van der Waals surface area contributed by atoms with E-state index in [1.54, 1.807) is 43.8 Å². The zero-order valence-electron chi connectivity index (χ0n) is 19.0. The van der Waals surface area contributed by atoms with Crippen molar-refractivity contribution in [3.63, 3.8) is 0 Å². The molecule has 33 heavy (non-hydrogen) atoms. The molecule has 0 radical (unpaired) electrons. The van der Waals surface area contributed by atoms with Crippen molar-refractivity contribution in [2.45, 2.75) is 20.4 Å². The number of hydrogen-bond acceptors (Lipinski definition) is 6. The van der Waals surface area contributed by atoms with E-state index in [9.17, 15) is 9.59 Å². The van der Waals surface area contributed by atoms with E-state index in [0.29, 0.717) is 17.1 Å². The molecule has 168 valence electrons. The Morgan fingerprint density at radius 2 is 1.73 bits per heavy atom. The zero-order valence-corrected chi connectivity index (χ0v) is 19.0. The molecule has 0 bridgehead atoms. The third-order valence-electron chi connectivity index (χ3n) is 5.55. The lowest BCUT2D eigenvalue weighted by Gasteiger charge is -2.15. The summed E-state index contributed by atoms with van der Waals surface area (Å²) in [5, 5.41) is 3.23. The van der Waals surface area contributed by atoms with Gasteiger partial charge in [0.2, 0.25) is 0 Å². The highest BCUT2D eigenvalue weighted by molar-refractivity contribution is 6.36. The molecule has 7 heteroatoms. The van der Waals surface area contributed by atoms with Crippen LogP contribution < -0.4 is 14.8 Å². The summed E-state index contributed by atoms with van der Waals surface area (Å²) in [5.74, 6) is 0.228. The average Bonchev–Trinajstić information content (AvgIpc) is 3.05. The maximum absolute atomic E-state index is 13.5. The fourth-order valence-corrected chi connectivity index (χ4v) is 3.86. The number of aromatic nitrogens is 1. The van der Waals surface area contributed by atoms with Crippen LogP contribution in [0.4, 0.5) is 5.69 Å². The number of hydrogen-bond donors (Lipinski definition) is 1. The molecular weight excluding hydrogens is 418 g/mol. The van der Waals surface area contributed by atoms with Crippen LogP contribution >= 0.6 is 0 Å². The van der Waals surface area contributed by atoms with E-state index >= 15 is 0 Å². The van der Waals surface area contributed by atoms with Crippen molar-refractivity contribution >= 4 is 23.1 Å². The van der Waals surface area contributed by atoms with Gasteiger partial charge in [0.1, 0.15) is 5.70 Å². The number of rotatable bonds is 7. The van der Waals surface area contributed by atoms with Gasteiger partial charge in [0.05, 0.1) is 26.3 Å². The van der Waals surface area contributed by atoms with Gasteiger partial charge in [0.15, 0.2) is 11.5 Å². The standard InChI is InChI=1S/C26H25N3O4/c1-16-7-9-20(17(2)12-16)28-24-23(19-8-10-21(32-3)22(13-19)33-4)25(30)29(26(24)31)15-18-6-5-11-27-14-18/h5-14,28H,15H2,1-4H3. The molecule has 0 aliphatic carbocycles. The van der Waals surface area contributed by atoms with Crippen molar-refractivity contribution in [1.82, 2.24) is 9.88 Å². The molecule has 0 saturated carbocycles. The van der Waals surface area contributed by atoms with Crippen molar-refractivity contribution in [3.8, 4) is 11.5 Å². The number of carbonyl (C=O) groups is 2. The highest BCUT2D eigenvalue weighted by Crippen LogP contribution is 2.36. The summed E-state index contributed by atoms with van der Waals surface area (Å²) in [7, 11) is 3.07. The lowest BCUT2D eigenvalue weighted by Crippen LogP contribution is -2.32. The Morgan fingerprint density at radius 3 is 2.39 bits per heavy atom. The number of methoxy groups -OCH3 is 2. The molecule has 1 aliphatic rings. The van der Waals surface area contributed by atoms with Gasteiger partial charge >= 0.3 is 0 Å². The summed E-state index contributed by atoms with van der Waals surface area (Å²) in [6.07, 6.45) is 3.30. The Bertz CT molecular complexity index is 1250. The molecule has 0 fully saturated rings. The largest absolute Gasteiger partial charge is 0.493 e. The molecular formula is C26H25N3O4. The first kappa shape index (κ1) is 22.1. The van der Waals surface area contributed by atoms with Crippen molar-refractivity contribution in [1.29, 1.82) is 0 Å². The number of ether oxygens (including phenoxy) is 2. The second-order valence-electron chi connectivity index (χ2n) is 7.82. The number of carbonyl (C=O) groups excluding carboxylic acids is 2. The SMILES string of the molecule is COc1ccc(C2=C(Nc3ccc(C)cc3C)C(=O)N(Cc3cccnc3)C2=O)cc1OC. The number of imide groups is 1. The van der Waals surface area contributed by atoms with Crippen LogP contribution in [0.15, 0.2) is 66.6 Å². The summed E-state index contributed by atoms with van der Waals surface area (Å²) < 4.78 is 10.7. The van der Waals surface area contributed by atoms with Crippen molar-refractivity contribution < 1.29 is 19.1 Å². The molecule has 1 aliphatic heterocycles. The molecule has 2 amide bonds. The van der Waals surface area contributed by atoms with Gasteiger partial charge in [-0.1, -0.05) is 29.8 Å². The first-order valence-electron chi connectivity index (χ1n) is 10.5. The molecule has 0 saturated heterocycles. The highest BCUT2D eigenvalue weighted by atomic mass is 16.5. The summed E-state index contributed by atoms with van der Waals surface area (Å²) in [4.78, 5) is 32.3. The minimum atomic E-state index is -0.395. The van der Waals surface area contributed by atoms with Gasteiger partial charge in [-0.25, -0.2) is 0 Å². The topological polar surface area (TPSA) is 80.8 Å². The van der Waals surface area contributed by atoms with E-state index in [1.165, 1.54) is 12.0 Å². The van der Waals surface area contributed by atoms with Crippen LogP contribution in [0.5, 0.6) is 11.5 Å². The third kappa shape index (κ3) is 4.30. The quantitative estimate of drug-likeness (QED) is 0.554.